The number of aliphatic hydroxyl groups is 1. The summed E-state index contributed by atoms with van der Waals surface area (Å²) in [5.74, 6) is 0.884. The fourth-order valence-electron chi connectivity index (χ4n) is 3.31. The van der Waals surface area contributed by atoms with Crippen LogP contribution in [0.5, 0.6) is 0 Å². The van der Waals surface area contributed by atoms with Crippen LogP contribution in [0.3, 0.4) is 0 Å². The number of aliphatic imine (C=N–C) groups is 1. The third-order valence-electron chi connectivity index (χ3n) is 5.15. The van der Waals surface area contributed by atoms with E-state index in [2.05, 4.69) is 45.1 Å². The van der Waals surface area contributed by atoms with E-state index >= 15 is 0 Å². The average molecular weight is 420 g/mol. The van der Waals surface area contributed by atoms with E-state index in [9.17, 15) is 18.3 Å². The molecule has 7 nitrogen and oxygen atoms in total. The number of nitrogens with zero attached hydrogens (tertiary/aromatic N) is 6. The predicted molar refractivity (Wildman–Crippen MR) is 109 cm³/mol. The highest BCUT2D eigenvalue weighted by Crippen LogP contribution is 2.32. The van der Waals surface area contributed by atoms with Gasteiger partial charge in [0.1, 0.15) is 0 Å². The Kier molecular flexibility index (Phi) is 6.47. The van der Waals surface area contributed by atoms with Crippen LogP contribution in [0.4, 0.5) is 24.9 Å². The van der Waals surface area contributed by atoms with E-state index in [0.717, 1.165) is 23.7 Å². The molecule has 2 aromatic heterocycles. The van der Waals surface area contributed by atoms with E-state index in [1.165, 1.54) is 0 Å². The summed E-state index contributed by atoms with van der Waals surface area (Å²) >= 11 is 0. The number of aromatic nitrogens is 3. The van der Waals surface area contributed by atoms with Crippen LogP contribution in [0.2, 0.25) is 0 Å². The molecule has 1 fully saturated rings. The molecule has 0 saturated carbocycles. The summed E-state index contributed by atoms with van der Waals surface area (Å²) in [6, 6.07) is 3.91. The lowest BCUT2D eigenvalue weighted by Crippen LogP contribution is -2.47. The second-order valence-corrected chi connectivity index (χ2v) is 6.97. The zero-order chi connectivity index (χ0) is 21.9. The minimum atomic E-state index is -4.74. The SMILES string of the molecule is C=Cc1ccc(C(C)N2CCN(c3ncc(C(O)C(F)(F)F)cn3)CC2)nc1N=C. The molecule has 0 aromatic carbocycles. The fourth-order valence-corrected chi connectivity index (χ4v) is 3.31. The highest BCUT2D eigenvalue weighted by molar-refractivity contribution is 5.61. The zero-order valence-electron chi connectivity index (χ0n) is 16.5. The van der Waals surface area contributed by atoms with Gasteiger partial charge in [0.25, 0.3) is 0 Å². The molecule has 0 radical (unpaired) electrons. The maximum Gasteiger partial charge on any atom is 0.418 e. The molecule has 1 aliphatic rings. The van der Waals surface area contributed by atoms with Crippen LogP contribution in [-0.2, 0) is 0 Å². The van der Waals surface area contributed by atoms with E-state index in [-0.39, 0.29) is 11.6 Å². The van der Waals surface area contributed by atoms with Crippen LogP contribution < -0.4 is 4.90 Å². The third-order valence-corrected chi connectivity index (χ3v) is 5.15. The van der Waals surface area contributed by atoms with Crippen molar-refractivity contribution in [3.05, 3.63) is 47.9 Å². The minimum Gasteiger partial charge on any atom is -0.379 e. The van der Waals surface area contributed by atoms with E-state index in [4.69, 9.17) is 0 Å². The van der Waals surface area contributed by atoms with Gasteiger partial charge in [-0.1, -0.05) is 12.7 Å². The third kappa shape index (κ3) is 4.65. The molecule has 1 saturated heterocycles. The molecule has 2 atom stereocenters. The van der Waals surface area contributed by atoms with Gasteiger partial charge in [0.2, 0.25) is 5.95 Å². The second-order valence-electron chi connectivity index (χ2n) is 6.97. The van der Waals surface area contributed by atoms with Crippen molar-refractivity contribution in [1.29, 1.82) is 0 Å². The number of rotatable bonds is 6. The average Bonchev–Trinajstić information content (AvgIpc) is 2.77. The largest absolute Gasteiger partial charge is 0.418 e. The number of anilines is 1. The van der Waals surface area contributed by atoms with Gasteiger partial charge >= 0.3 is 6.18 Å². The summed E-state index contributed by atoms with van der Waals surface area (Å²) in [7, 11) is 0. The summed E-state index contributed by atoms with van der Waals surface area (Å²) in [6.07, 6.45) is -3.61. The highest BCUT2D eigenvalue weighted by atomic mass is 19.4. The molecule has 0 amide bonds. The lowest BCUT2D eigenvalue weighted by atomic mass is 10.1. The summed E-state index contributed by atoms with van der Waals surface area (Å²) in [5, 5.41) is 9.29. The Hall–Kier alpha value is -2.85. The van der Waals surface area contributed by atoms with Crippen molar-refractivity contribution in [3.63, 3.8) is 0 Å². The van der Waals surface area contributed by atoms with Crippen molar-refractivity contribution >= 4 is 24.6 Å². The summed E-state index contributed by atoms with van der Waals surface area (Å²) in [5.41, 5.74) is 1.32. The van der Waals surface area contributed by atoms with Gasteiger partial charge in [0.05, 0.1) is 5.69 Å². The zero-order valence-corrected chi connectivity index (χ0v) is 16.5. The van der Waals surface area contributed by atoms with Gasteiger partial charge < -0.3 is 10.0 Å². The summed E-state index contributed by atoms with van der Waals surface area (Å²) in [4.78, 5) is 20.7. The van der Waals surface area contributed by atoms with Crippen molar-refractivity contribution in [2.75, 3.05) is 31.1 Å². The first kappa shape index (κ1) is 21.8. The van der Waals surface area contributed by atoms with E-state index in [1.807, 2.05) is 17.0 Å². The molecule has 1 N–H and O–H groups in total. The number of hydrogen-bond donors (Lipinski definition) is 1. The maximum absolute atomic E-state index is 12.6. The number of alkyl halides is 3. The van der Waals surface area contributed by atoms with Crippen LogP contribution in [0.25, 0.3) is 6.08 Å². The van der Waals surface area contributed by atoms with Crippen molar-refractivity contribution in [3.8, 4) is 0 Å². The lowest BCUT2D eigenvalue weighted by Gasteiger charge is -2.37. The second kappa shape index (κ2) is 8.88. The Balaban J connectivity index is 1.63. The van der Waals surface area contributed by atoms with Crippen LogP contribution in [0.1, 0.15) is 35.9 Å². The molecule has 0 aliphatic carbocycles. The first-order chi connectivity index (χ1) is 14.2. The van der Waals surface area contributed by atoms with E-state index in [1.54, 1.807) is 6.08 Å². The van der Waals surface area contributed by atoms with Gasteiger partial charge in [0, 0.05) is 55.7 Å². The number of pyridine rings is 1. The molecule has 160 valence electrons. The number of aliphatic hydroxyl groups excluding tert-OH is 1. The lowest BCUT2D eigenvalue weighted by molar-refractivity contribution is -0.206. The van der Waals surface area contributed by atoms with Crippen LogP contribution in [0, 0.1) is 0 Å². The maximum atomic E-state index is 12.6. The molecular weight excluding hydrogens is 397 g/mol. The van der Waals surface area contributed by atoms with Gasteiger partial charge in [-0.25, -0.2) is 19.9 Å². The van der Waals surface area contributed by atoms with Crippen molar-refractivity contribution in [1.82, 2.24) is 19.9 Å². The molecule has 3 heterocycles. The van der Waals surface area contributed by atoms with Gasteiger partial charge in [-0.3, -0.25) is 4.90 Å². The Morgan fingerprint density at radius 2 is 1.80 bits per heavy atom. The molecule has 3 rings (SSSR count). The van der Waals surface area contributed by atoms with E-state index in [0.29, 0.717) is 37.9 Å². The normalized spacial score (nSPS) is 17.4. The summed E-state index contributed by atoms with van der Waals surface area (Å²) < 4.78 is 37.8. The van der Waals surface area contributed by atoms with Crippen molar-refractivity contribution in [2.45, 2.75) is 25.2 Å². The van der Waals surface area contributed by atoms with Crippen LogP contribution in [0.15, 0.2) is 36.1 Å². The number of hydrogen-bond acceptors (Lipinski definition) is 7. The first-order valence-electron chi connectivity index (χ1n) is 9.40. The Labute approximate surface area is 172 Å². The summed E-state index contributed by atoms with van der Waals surface area (Å²) in [6.45, 7) is 12.0. The highest BCUT2D eigenvalue weighted by Gasteiger charge is 2.40. The smallest absolute Gasteiger partial charge is 0.379 e. The predicted octanol–water partition coefficient (Wildman–Crippen LogP) is 3.33. The number of piperazine rings is 1. The van der Waals surface area contributed by atoms with Crippen LogP contribution in [-0.4, -0.2) is 64.0 Å². The molecule has 30 heavy (non-hydrogen) atoms. The molecule has 0 bridgehead atoms. The van der Waals surface area contributed by atoms with Gasteiger partial charge in [-0.2, -0.15) is 13.2 Å². The first-order valence-corrected chi connectivity index (χ1v) is 9.40. The quantitative estimate of drug-likeness (QED) is 0.723. The van der Waals surface area contributed by atoms with Gasteiger partial charge in [0.15, 0.2) is 11.9 Å². The Morgan fingerprint density at radius 3 is 2.33 bits per heavy atom. The van der Waals surface area contributed by atoms with E-state index < -0.39 is 12.3 Å². The Bertz CT molecular complexity index is 894. The van der Waals surface area contributed by atoms with Crippen molar-refractivity contribution in [2.24, 2.45) is 4.99 Å². The monoisotopic (exact) mass is 420 g/mol. The Morgan fingerprint density at radius 1 is 1.17 bits per heavy atom. The van der Waals surface area contributed by atoms with Crippen LogP contribution >= 0.6 is 0 Å². The molecule has 2 unspecified atom stereocenters. The molecule has 10 heteroatoms. The van der Waals surface area contributed by atoms with Gasteiger partial charge in [-0.05, 0) is 25.8 Å². The molecule has 1 aliphatic heterocycles. The molecule has 2 aromatic rings. The van der Waals surface area contributed by atoms with Gasteiger partial charge in [-0.15, -0.1) is 0 Å². The molecule has 0 spiro atoms. The van der Waals surface area contributed by atoms with Crippen molar-refractivity contribution < 1.29 is 18.3 Å². The fraction of sp³-hybridized carbons (Fsp3) is 0.400. The number of halogens is 3. The minimum absolute atomic E-state index is 0.0525. The standard InChI is InChI=1S/C20H23F3N6O/c1-4-14-5-6-16(27-18(14)24-3)13(2)28-7-9-29(10-8-28)19-25-11-15(12-26-19)17(30)20(21,22)23/h4-6,11-13,17,30H,1,3,7-10H2,2H3. The topological polar surface area (TPSA) is 77.7 Å². The molecular formula is C20H23F3N6O.